The van der Waals surface area contributed by atoms with Gasteiger partial charge in [0.15, 0.2) is 0 Å². The molecule has 1 atom stereocenters. The number of nitrogens with zero attached hydrogens (tertiary/aromatic N) is 2. The maximum atomic E-state index is 12.5. The second kappa shape index (κ2) is 8.16. The molecule has 0 spiro atoms. The summed E-state index contributed by atoms with van der Waals surface area (Å²) in [5.41, 5.74) is 1.17. The van der Waals surface area contributed by atoms with Crippen LogP contribution in [0.2, 0.25) is 0 Å². The Morgan fingerprint density at radius 1 is 1.07 bits per heavy atom. The average Bonchev–Trinajstić information content (AvgIpc) is 2.86. The van der Waals surface area contributed by atoms with E-state index in [1.165, 1.54) is 10.9 Å². The number of fused-ring (bicyclic) bond motifs is 2. The van der Waals surface area contributed by atoms with Crippen LogP contribution in [0.5, 0.6) is 0 Å². The summed E-state index contributed by atoms with van der Waals surface area (Å²) in [6.45, 7) is 0.415. The van der Waals surface area contributed by atoms with Crippen LogP contribution in [0.15, 0.2) is 59.7 Å². The van der Waals surface area contributed by atoms with Crippen molar-refractivity contribution >= 4 is 34.3 Å². The van der Waals surface area contributed by atoms with E-state index in [1.807, 2.05) is 0 Å². The predicted molar refractivity (Wildman–Crippen MR) is 110 cm³/mol. The lowest BCUT2D eigenvalue weighted by molar-refractivity contribution is -0.125. The zero-order chi connectivity index (χ0) is 21.1. The highest BCUT2D eigenvalue weighted by molar-refractivity contribution is 6.10. The van der Waals surface area contributed by atoms with Crippen molar-refractivity contribution in [3.63, 3.8) is 0 Å². The molecule has 3 amide bonds. The van der Waals surface area contributed by atoms with Gasteiger partial charge in [-0.15, -0.1) is 0 Å². The van der Waals surface area contributed by atoms with Crippen molar-refractivity contribution in [3.05, 3.63) is 70.8 Å². The van der Waals surface area contributed by atoms with E-state index in [-0.39, 0.29) is 25.1 Å². The van der Waals surface area contributed by atoms with Crippen LogP contribution < -0.4 is 21.5 Å². The molecule has 9 heteroatoms. The van der Waals surface area contributed by atoms with Crippen LogP contribution in [0.1, 0.15) is 16.8 Å². The van der Waals surface area contributed by atoms with E-state index in [0.29, 0.717) is 22.2 Å². The van der Waals surface area contributed by atoms with Crippen LogP contribution in [-0.2, 0) is 16.1 Å². The van der Waals surface area contributed by atoms with Gasteiger partial charge in [0.2, 0.25) is 11.8 Å². The first-order chi connectivity index (χ1) is 14.5. The molecule has 9 nitrogen and oxygen atoms in total. The third kappa shape index (κ3) is 3.90. The predicted octanol–water partition coefficient (Wildman–Crippen LogP) is 0.653. The van der Waals surface area contributed by atoms with E-state index in [4.69, 9.17) is 0 Å². The normalized spacial score (nSPS) is 15.7. The number of rotatable bonds is 5. The Balaban J connectivity index is 1.35. The lowest BCUT2D eigenvalue weighted by atomic mass is 10.1. The number of carbonyl (C=O) groups is 3. The Kier molecular flexibility index (Phi) is 5.25. The van der Waals surface area contributed by atoms with Crippen molar-refractivity contribution in [3.8, 4) is 0 Å². The van der Waals surface area contributed by atoms with Crippen molar-refractivity contribution in [1.29, 1.82) is 0 Å². The van der Waals surface area contributed by atoms with Crippen molar-refractivity contribution in [2.75, 3.05) is 11.9 Å². The lowest BCUT2D eigenvalue weighted by Gasteiger charge is -2.14. The summed E-state index contributed by atoms with van der Waals surface area (Å²) in [7, 11) is 0. The number of nitrogens with one attached hydrogen (secondary N) is 3. The van der Waals surface area contributed by atoms with Gasteiger partial charge in [0.25, 0.3) is 11.5 Å². The Labute approximate surface area is 171 Å². The summed E-state index contributed by atoms with van der Waals surface area (Å²) >= 11 is 0. The molecule has 0 saturated heterocycles. The number of hydrogen-bond acceptors (Lipinski definition) is 5. The van der Waals surface area contributed by atoms with Gasteiger partial charge < -0.3 is 16.0 Å². The lowest BCUT2D eigenvalue weighted by Crippen LogP contribution is -2.45. The van der Waals surface area contributed by atoms with Crippen molar-refractivity contribution in [2.45, 2.75) is 19.0 Å². The number of carbonyl (C=O) groups excluding carboxylic acids is 3. The molecule has 30 heavy (non-hydrogen) atoms. The Morgan fingerprint density at radius 3 is 2.70 bits per heavy atom. The molecule has 0 unspecified atom stereocenters. The quantitative estimate of drug-likeness (QED) is 0.575. The van der Waals surface area contributed by atoms with E-state index in [9.17, 15) is 19.2 Å². The third-order valence-electron chi connectivity index (χ3n) is 4.85. The van der Waals surface area contributed by atoms with Crippen LogP contribution in [-0.4, -0.2) is 39.9 Å². The molecule has 0 fully saturated rings. The molecule has 1 aliphatic rings. The number of aromatic nitrogens is 2. The Bertz CT molecular complexity index is 1200. The van der Waals surface area contributed by atoms with Gasteiger partial charge in [0, 0.05) is 13.1 Å². The van der Waals surface area contributed by atoms with E-state index in [0.717, 1.165) is 0 Å². The molecular formula is C21H19N5O4. The van der Waals surface area contributed by atoms with E-state index in [2.05, 4.69) is 20.9 Å². The highest BCUT2D eigenvalue weighted by atomic mass is 16.2. The highest BCUT2D eigenvalue weighted by Gasteiger charge is 2.29. The molecule has 4 rings (SSSR count). The molecule has 2 heterocycles. The van der Waals surface area contributed by atoms with Gasteiger partial charge in [-0.2, -0.15) is 0 Å². The second-order valence-electron chi connectivity index (χ2n) is 6.88. The Morgan fingerprint density at radius 2 is 1.83 bits per heavy atom. The standard InChI is InChI=1S/C21H19N5O4/c27-18(11-17-20(29)24-16-8-4-1-5-13(16)19(28)25-17)22-9-10-26-12-23-15-7-3-2-6-14(15)21(26)30/h1-8,12,17H,9-11H2,(H,22,27)(H,24,29)(H,25,28)/t17-/m0/s1. The summed E-state index contributed by atoms with van der Waals surface area (Å²) in [6, 6.07) is 12.7. The molecular weight excluding hydrogens is 386 g/mol. The smallest absolute Gasteiger partial charge is 0.261 e. The first kappa shape index (κ1) is 19.3. The van der Waals surface area contributed by atoms with Crippen molar-refractivity contribution < 1.29 is 14.4 Å². The maximum Gasteiger partial charge on any atom is 0.261 e. The molecule has 0 aliphatic carbocycles. The summed E-state index contributed by atoms with van der Waals surface area (Å²) in [6.07, 6.45) is 1.23. The fourth-order valence-electron chi connectivity index (χ4n) is 3.29. The zero-order valence-electron chi connectivity index (χ0n) is 15.9. The van der Waals surface area contributed by atoms with Crippen LogP contribution in [0.25, 0.3) is 10.9 Å². The van der Waals surface area contributed by atoms with E-state index in [1.54, 1.807) is 48.5 Å². The molecule has 0 radical (unpaired) electrons. The third-order valence-corrected chi connectivity index (χ3v) is 4.85. The topological polar surface area (TPSA) is 122 Å². The Hall–Kier alpha value is -4.01. The summed E-state index contributed by atoms with van der Waals surface area (Å²) in [5.74, 6) is -1.29. The van der Waals surface area contributed by atoms with E-state index >= 15 is 0 Å². The minimum Gasteiger partial charge on any atom is -0.354 e. The maximum absolute atomic E-state index is 12.5. The molecule has 0 bridgehead atoms. The largest absolute Gasteiger partial charge is 0.354 e. The van der Waals surface area contributed by atoms with Crippen LogP contribution in [0.4, 0.5) is 5.69 Å². The van der Waals surface area contributed by atoms with Gasteiger partial charge in [-0.3, -0.25) is 23.7 Å². The molecule has 152 valence electrons. The first-order valence-electron chi connectivity index (χ1n) is 9.44. The fraction of sp³-hybridized carbons (Fsp3) is 0.190. The monoisotopic (exact) mass is 405 g/mol. The average molecular weight is 405 g/mol. The molecule has 3 aromatic rings. The first-order valence-corrected chi connectivity index (χ1v) is 9.44. The number of amides is 3. The van der Waals surface area contributed by atoms with Crippen LogP contribution in [0.3, 0.4) is 0 Å². The summed E-state index contributed by atoms with van der Waals surface area (Å²) < 4.78 is 1.42. The van der Waals surface area contributed by atoms with Crippen LogP contribution in [0, 0.1) is 0 Å². The minimum atomic E-state index is -0.991. The SMILES string of the molecule is O=C(C[C@@H]1NC(=O)c2ccccc2NC1=O)NCCn1cnc2ccccc2c1=O. The molecule has 2 aromatic carbocycles. The zero-order valence-corrected chi connectivity index (χ0v) is 15.9. The second-order valence-corrected chi connectivity index (χ2v) is 6.88. The van der Waals surface area contributed by atoms with Gasteiger partial charge in [0.1, 0.15) is 6.04 Å². The number of para-hydroxylation sites is 2. The van der Waals surface area contributed by atoms with E-state index < -0.39 is 23.8 Å². The highest BCUT2D eigenvalue weighted by Crippen LogP contribution is 2.18. The van der Waals surface area contributed by atoms with Crippen molar-refractivity contribution in [1.82, 2.24) is 20.2 Å². The molecule has 1 aromatic heterocycles. The molecule has 3 N–H and O–H groups in total. The van der Waals surface area contributed by atoms with Crippen molar-refractivity contribution in [2.24, 2.45) is 0 Å². The fourth-order valence-corrected chi connectivity index (χ4v) is 3.29. The number of anilines is 1. The van der Waals surface area contributed by atoms with Gasteiger partial charge in [-0.1, -0.05) is 24.3 Å². The van der Waals surface area contributed by atoms with Gasteiger partial charge in [-0.25, -0.2) is 4.98 Å². The van der Waals surface area contributed by atoms with Gasteiger partial charge >= 0.3 is 0 Å². The van der Waals surface area contributed by atoms with Crippen LogP contribution >= 0.6 is 0 Å². The van der Waals surface area contributed by atoms with Gasteiger partial charge in [-0.05, 0) is 24.3 Å². The number of benzene rings is 2. The number of hydrogen-bond donors (Lipinski definition) is 3. The summed E-state index contributed by atoms with van der Waals surface area (Å²) in [5, 5.41) is 8.41. The van der Waals surface area contributed by atoms with Gasteiger partial charge in [0.05, 0.1) is 34.9 Å². The molecule has 0 saturated carbocycles. The minimum absolute atomic E-state index is 0.182. The summed E-state index contributed by atoms with van der Waals surface area (Å²) in [4.78, 5) is 53.6. The molecule has 1 aliphatic heterocycles.